The molecule has 0 radical (unpaired) electrons. The van der Waals surface area contributed by atoms with Crippen molar-refractivity contribution in [2.24, 2.45) is 0 Å². The van der Waals surface area contributed by atoms with Gasteiger partial charge in [0.15, 0.2) is 0 Å². The first-order valence-electron chi connectivity index (χ1n) is 7.09. The van der Waals surface area contributed by atoms with E-state index in [0.29, 0.717) is 17.9 Å². The van der Waals surface area contributed by atoms with Crippen molar-refractivity contribution in [1.82, 2.24) is 19.9 Å². The van der Waals surface area contributed by atoms with Gasteiger partial charge in [-0.25, -0.2) is 9.97 Å². The number of carbonyl (C=O) groups is 1. The monoisotopic (exact) mass is 287 g/mol. The number of carbonyl (C=O) groups excluding carboxylic acids is 1. The highest BCUT2D eigenvalue weighted by Gasteiger charge is 2.07. The van der Waals surface area contributed by atoms with E-state index >= 15 is 0 Å². The number of pyridine rings is 1. The van der Waals surface area contributed by atoms with Crippen LogP contribution in [0, 0.1) is 6.92 Å². The van der Waals surface area contributed by atoms with Crippen molar-refractivity contribution < 1.29 is 4.79 Å². The van der Waals surface area contributed by atoms with Crippen molar-refractivity contribution in [2.75, 3.05) is 18.9 Å². The fourth-order valence-corrected chi connectivity index (χ4v) is 2.07. The largest absolute Gasteiger partial charge is 0.373 e. The maximum atomic E-state index is 12.1. The van der Waals surface area contributed by atoms with Gasteiger partial charge in [-0.3, -0.25) is 4.79 Å². The van der Waals surface area contributed by atoms with E-state index in [4.69, 9.17) is 0 Å². The summed E-state index contributed by atoms with van der Waals surface area (Å²) in [6.45, 7) is 3.47. The Labute approximate surface area is 124 Å². The van der Waals surface area contributed by atoms with Crippen molar-refractivity contribution in [2.45, 2.75) is 26.3 Å². The molecule has 2 heterocycles. The van der Waals surface area contributed by atoms with Crippen LogP contribution >= 0.6 is 0 Å². The molecule has 2 aromatic rings. The number of aromatic nitrogens is 3. The molecule has 112 valence electrons. The van der Waals surface area contributed by atoms with Gasteiger partial charge in [0, 0.05) is 43.8 Å². The minimum Gasteiger partial charge on any atom is -0.373 e. The van der Waals surface area contributed by atoms with E-state index < -0.39 is 0 Å². The standard InChI is InChI=1S/C15H21N5O/c1-12-9-13(10-14(16-2)19-12)15(21)18-5-3-4-7-20-8-6-17-11-20/h6,8-11H,3-5,7H2,1-2H3,(H,16,19)(H,18,21). The molecular weight excluding hydrogens is 266 g/mol. The zero-order valence-corrected chi connectivity index (χ0v) is 12.5. The quantitative estimate of drug-likeness (QED) is 0.762. The zero-order valence-electron chi connectivity index (χ0n) is 12.5. The highest BCUT2D eigenvalue weighted by Crippen LogP contribution is 2.09. The van der Waals surface area contributed by atoms with Crippen LogP contribution < -0.4 is 10.6 Å². The molecule has 0 saturated heterocycles. The van der Waals surface area contributed by atoms with Gasteiger partial charge in [0.25, 0.3) is 5.91 Å². The van der Waals surface area contributed by atoms with E-state index in [9.17, 15) is 4.79 Å². The Morgan fingerprint density at radius 3 is 2.90 bits per heavy atom. The van der Waals surface area contributed by atoms with Crippen molar-refractivity contribution >= 4 is 11.7 Å². The molecule has 1 amide bonds. The first-order chi connectivity index (χ1) is 10.2. The first kappa shape index (κ1) is 15.0. The van der Waals surface area contributed by atoms with Gasteiger partial charge in [0.1, 0.15) is 5.82 Å². The SMILES string of the molecule is CNc1cc(C(=O)NCCCCn2ccnc2)cc(C)n1. The number of aryl methyl sites for hydroxylation is 2. The molecule has 0 aliphatic carbocycles. The molecule has 0 aliphatic heterocycles. The fourth-order valence-electron chi connectivity index (χ4n) is 2.07. The summed E-state index contributed by atoms with van der Waals surface area (Å²) in [4.78, 5) is 20.3. The van der Waals surface area contributed by atoms with Gasteiger partial charge >= 0.3 is 0 Å². The Kier molecular flexibility index (Phi) is 5.31. The second-order valence-electron chi connectivity index (χ2n) is 4.90. The molecular formula is C15H21N5O. The molecule has 0 spiro atoms. The van der Waals surface area contributed by atoms with Crippen LogP contribution in [0.1, 0.15) is 28.9 Å². The summed E-state index contributed by atoms with van der Waals surface area (Å²) >= 11 is 0. The highest BCUT2D eigenvalue weighted by atomic mass is 16.1. The summed E-state index contributed by atoms with van der Waals surface area (Å²) in [5.74, 6) is 0.653. The van der Waals surface area contributed by atoms with Crippen molar-refractivity contribution in [1.29, 1.82) is 0 Å². The molecule has 2 N–H and O–H groups in total. The van der Waals surface area contributed by atoms with Gasteiger partial charge in [0.05, 0.1) is 6.33 Å². The van der Waals surface area contributed by atoms with E-state index in [-0.39, 0.29) is 5.91 Å². The third-order valence-electron chi connectivity index (χ3n) is 3.16. The molecule has 0 fully saturated rings. The summed E-state index contributed by atoms with van der Waals surface area (Å²) in [6.07, 6.45) is 7.46. The number of imidazole rings is 1. The molecule has 0 atom stereocenters. The van der Waals surface area contributed by atoms with E-state index in [1.807, 2.05) is 17.7 Å². The number of anilines is 1. The summed E-state index contributed by atoms with van der Waals surface area (Å²) in [5, 5.41) is 5.89. The summed E-state index contributed by atoms with van der Waals surface area (Å²) in [6, 6.07) is 3.55. The Morgan fingerprint density at radius 2 is 2.19 bits per heavy atom. The topological polar surface area (TPSA) is 71.8 Å². The number of amides is 1. The van der Waals surface area contributed by atoms with Gasteiger partial charge in [-0.1, -0.05) is 0 Å². The fraction of sp³-hybridized carbons (Fsp3) is 0.400. The van der Waals surface area contributed by atoms with Crippen LogP contribution in [0.25, 0.3) is 0 Å². The molecule has 0 aromatic carbocycles. The van der Waals surface area contributed by atoms with Crippen molar-refractivity contribution in [3.05, 3.63) is 42.1 Å². The molecule has 21 heavy (non-hydrogen) atoms. The second kappa shape index (κ2) is 7.42. The predicted molar refractivity (Wildman–Crippen MR) is 82.3 cm³/mol. The third kappa shape index (κ3) is 4.59. The minimum absolute atomic E-state index is 0.0559. The second-order valence-corrected chi connectivity index (χ2v) is 4.90. The lowest BCUT2D eigenvalue weighted by molar-refractivity contribution is 0.0952. The highest BCUT2D eigenvalue weighted by molar-refractivity contribution is 5.94. The Morgan fingerprint density at radius 1 is 1.33 bits per heavy atom. The molecule has 0 saturated carbocycles. The maximum Gasteiger partial charge on any atom is 0.251 e. The van der Waals surface area contributed by atoms with Gasteiger partial charge in [-0.2, -0.15) is 0 Å². The van der Waals surface area contributed by atoms with Crippen LogP contribution in [0.15, 0.2) is 30.9 Å². The molecule has 0 bridgehead atoms. The Hall–Kier alpha value is -2.37. The third-order valence-corrected chi connectivity index (χ3v) is 3.16. The van der Waals surface area contributed by atoms with Crippen molar-refractivity contribution in [3.63, 3.8) is 0 Å². The van der Waals surface area contributed by atoms with E-state index in [2.05, 4.69) is 20.6 Å². The van der Waals surface area contributed by atoms with Gasteiger partial charge < -0.3 is 15.2 Å². The smallest absolute Gasteiger partial charge is 0.251 e. The summed E-state index contributed by atoms with van der Waals surface area (Å²) in [7, 11) is 1.79. The van der Waals surface area contributed by atoms with Crippen LogP contribution in [0.2, 0.25) is 0 Å². The van der Waals surface area contributed by atoms with Gasteiger partial charge in [0.2, 0.25) is 0 Å². The molecule has 6 nitrogen and oxygen atoms in total. The molecule has 6 heteroatoms. The number of hydrogen-bond donors (Lipinski definition) is 2. The number of rotatable bonds is 7. The molecule has 0 aliphatic rings. The average molecular weight is 287 g/mol. The number of hydrogen-bond acceptors (Lipinski definition) is 4. The van der Waals surface area contributed by atoms with Gasteiger partial charge in [-0.15, -0.1) is 0 Å². The maximum absolute atomic E-state index is 12.1. The lowest BCUT2D eigenvalue weighted by Gasteiger charge is -2.08. The van der Waals surface area contributed by atoms with E-state index in [1.165, 1.54) is 0 Å². The zero-order chi connectivity index (χ0) is 15.1. The van der Waals surface area contributed by atoms with Crippen LogP contribution in [0.4, 0.5) is 5.82 Å². The predicted octanol–water partition coefficient (Wildman–Crippen LogP) is 1.84. The normalized spacial score (nSPS) is 10.4. The molecule has 0 unspecified atom stereocenters. The van der Waals surface area contributed by atoms with E-state index in [1.54, 1.807) is 31.7 Å². The Bertz CT molecular complexity index is 580. The van der Waals surface area contributed by atoms with Crippen molar-refractivity contribution in [3.8, 4) is 0 Å². The minimum atomic E-state index is -0.0559. The Balaban J connectivity index is 1.75. The lowest BCUT2D eigenvalue weighted by Crippen LogP contribution is -2.25. The van der Waals surface area contributed by atoms with E-state index in [0.717, 1.165) is 25.1 Å². The number of nitrogens with zero attached hydrogens (tertiary/aromatic N) is 3. The van der Waals surface area contributed by atoms with Crippen LogP contribution in [0.3, 0.4) is 0 Å². The lowest BCUT2D eigenvalue weighted by atomic mass is 10.2. The molecule has 2 aromatic heterocycles. The first-order valence-corrected chi connectivity index (χ1v) is 7.09. The number of nitrogens with one attached hydrogen (secondary N) is 2. The van der Waals surface area contributed by atoms with Crippen LogP contribution in [-0.2, 0) is 6.54 Å². The average Bonchev–Trinajstić information content (AvgIpc) is 2.99. The molecule has 2 rings (SSSR count). The summed E-state index contributed by atoms with van der Waals surface area (Å²) in [5.41, 5.74) is 1.47. The summed E-state index contributed by atoms with van der Waals surface area (Å²) < 4.78 is 2.03. The van der Waals surface area contributed by atoms with Crippen LogP contribution in [-0.4, -0.2) is 34.0 Å². The van der Waals surface area contributed by atoms with Crippen LogP contribution in [0.5, 0.6) is 0 Å². The number of unbranched alkanes of at least 4 members (excludes halogenated alkanes) is 1. The van der Waals surface area contributed by atoms with Gasteiger partial charge in [-0.05, 0) is 31.9 Å².